The summed E-state index contributed by atoms with van der Waals surface area (Å²) in [6, 6.07) is 0. The number of hydrogen-bond acceptors (Lipinski definition) is 4. The number of hydrazone groups is 1. The average Bonchev–Trinajstić information content (AvgIpc) is 2.68. The molecule has 0 aromatic heterocycles. The van der Waals surface area contributed by atoms with Gasteiger partial charge in [-0.15, -0.1) is 0 Å². The van der Waals surface area contributed by atoms with Gasteiger partial charge in [0.1, 0.15) is 6.10 Å². The van der Waals surface area contributed by atoms with Crippen LogP contribution in [0.1, 0.15) is 39.5 Å². The molecule has 84 valence electrons. The molecule has 15 heavy (non-hydrogen) atoms. The highest BCUT2D eigenvalue weighted by Gasteiger charge is 2.55. The first-order chi connectivity index (χ1) is 7.18. The number of hydrogen-bond donors (Lipinski definition) is 1. The number of cyclic esters (lactones) is 1. The molecule has 0 aromatic carbocycles. The summed E-state index contributed by atoms with van der Waals surface area (Å²) in [6.45, 7) is 4.04. The summed E-state index contributed by atoms with van der Waals surface area (Å²) in [4.78, 5) is 11.7. The second-order valence-corrected chi connectivity index (χ2v) is 4.56. The third-order valence-corrected chi connectivity index (χ3v) is 3.37. The van der Waals surface area contributed by atoms with Crippen LogP contribution in [0.15, 0.2) is 5.10 Å². The molecule has 0 radical (unpaired) electrons. The summed E-state index contributed by atoms with van der Waals surface area (Å²) < 4.78 is 5.39. The third kappa shape index (κ3) is 1.62. The predicted molar refractivity (Wildman–Crippen MR) is 57.5 cm³/mol. The van der Waals surface area contributed by atoms with Gasteiger partial charge in [-0.05, 0) is 19.8 Å². The third-order valence-electron chi connectivity index (χ3n) is 3.37. The first-order valence-corrected chi connectivity index (χ1v) is 5.70. The Hall–Kier alpha value is -1.06. The lowest BCUT2D eigenvalue weighted by atomic mass is 9.85. The lowest BCUT2D eigenvalue weighted by Crippen LogP contribution is -2.45. The quantitative estimate of drug-likeness (QED) is 0.564. The van der Waals surface area contributed by atoms with Crippen molar-refractivity contribution in [1.82, 2.24) is 5.43 Å². The largest absolute Gasteiger partial charge is 0.460 e. The van der Waals surface area contributed by atoms with Crippen LogP contribution in [0.5, 0.6) is 0 Å². The van der Waals surface area contributed by atoms with E-state index in [1.165, 1.54) is 12.8 Å². The number of nitrogens with zero attached hydrogens (tertiary/aromatic N) is 1. The second kappa shape index (κ2) is 3.83. The number of esters is 1. The average molecular weight is 210 g/mol. The number of carbonyl (C=O) groups is 1. The van der Waals surface area contributed by atoms with E-state index >= 15 is 0 Å². The Morgan fingerprint density at radius 1 is 1.60 bits per heavy atom. The SMILES string of the molecule is CCCCC[C@H]1OC(=O)[C@]2(C)NN=C[C@H]12. The first-order valence-electron chi connectivity index (χ1n) is 5.70. The maximum absolute atomic E-state index is 11.7. The topological polar surface area (TPSA) is 50.7 Å². The fourth-order valence-corrected chi connectivity index (χ4v) is 2.29. The molecule has 0 spiro atoms. The molecule has 1 saturated heterocycles. The summed E-state index contributed by atoms with van der Waals surface area (Å²) in [5, 5.41) is 3.99. The zero-order valence-corrected chi connectivity index (χ0v) is 9.32. The van der Waals surface area contributed by atoms with E-state index in [2.05, 4.69) is 17.5 Å². The van der Waals surface area contributed by atoms with Crippen molar-refractivity contribution in [1.29, 1.82) is 0 Å². The molecule has 0 amide bonds. The van der Waals surface area contributed by atoms with E-state index in [9.17, 15) is 4.79 Å². The van der Waals surface area contributed by atoms with Gasteiger partial charge in [-0.3, -0.25) is 5.43 Å². The Morgan fingerprint density at radius 3 is 3.13 bits per heavy atom. The lowest BCUT2D eigenvalue weighted by Gasteiger charge is -2.18. The summed E-state index contributed by atoms with van der Waals surface area (Å²) in [6.07, 6.45) is 6.30. The summed E-state index contributed by atoms with van der Waals surface area (Å²) >= 11 is 0. The van der Waals surface area contributed by atoms with Gasteiger partial charge in [0.05, 0.1) is 5.92 Å². The molecule has 3 atom stereocenters. The van der Waals surface area contributed by atoms with E-state index in [4.69, 9.17) is 4.74 Å². The van der Waals surface area contributed by atoms with E-state index in [0.29, 0.717) is 0 Å². The zero-order valence-electron chi connectivity index (χ0n) is 9.32. The van der Waals surface area contributed by atoms with Gasteiger partial charge < -0.3 is 4.74 Å². The molecular formula is C11H18N2O2. The van der Waals surface area contributed by atoms with Crippen molar-refractivity contribution in [3.63, 3.8) is 0 Å². The van der Waals surface area contributed by atoms with E-state index in [1.807, 2.05) is 13.1 Å². The molecule has 0 aliphatic carbocycles. The molecule has 4 heteroatoms. The minimum absolute atomic E-state index is 0.0211. The smallest absolute Gasteiger partial charge is 0.334 e. The molecule has 2 aliphatic rings. The van der Waals surface area contributed by atoms with Crippen molar-refractivity contribution in [2.24, 2.45) is 11.0 Å². The van der Waals surface area contributed by atoms with Crippen LogP contribution in [0.2, 0.25) is 0 Å². The number of rotatable bonds is 4. The number of nitrogens with one attached hydrogen (secondary N) is 1. The number of unbranched alkanes of at least 4 members (excludes halogenated alkanes) is 2. The Bertz CT molecular complexity index is 290. The van der Waals surface area contributed by atoms with Crippen molar-refractivity contribution >= 4 is 12.2 Å². The molecule has 1 fully saturated rings. The molecule has 1 N–H and O–H groups in total. The van der Waals surface area contributed by atoms with Gasteiger partial charge >= 0.3 is 5.97 Å². The molecule has 0 aromatic rings. The molecule has 2 aliphatic heterocycles. The molecule has 2 rings (SSSR count). The van der Waals surface area contributed by atoms with Crippen LogP contribution in [0.25, 0.3) is 0 Å². The maximum Gasteiger partial charge on any atom is 0.334 e. The molecular weight excluding hydrogens is 192 g/mol. The minimum atomic E-state index is -0.600. The summed E-state index contributed by atoms with van der Waals surface area (Å²) in [7, 11) is 0. The van der Waals surface area contributed by atoms with Crippen LogP contribution in [0.3, 0.4) is 0 Å². The van der Waals surface area contributed by atoms with Gasteiger partial charge in [-0.2, -0.15) is 5.10 Å². The summed E-state index contributed by atoms with van der Waals surface area (Å²) in [5.74, 6) is -0.0478. The molecule has 0 saturated carbocycles. The van der Waals surface area contributed by atoms with E-state index in [1.54, 1.807) is 0 Å². The van der Waals surface area contributed by atoms with Crippen LogP contribution in [0.4, 0.5) is 0 Å². The number of fused-ring (bicyclic) bond motifs is 1. The van der Waals surface area contributed by atoms with Gasteiger partial charge in [0, 0.05) is 6.21 Å². The van der Waals surface area contributed by atoms with Gasteiger partial charge in [0.25, 0.3) is 0 Å². The molecule has 0 bridgehead atoms. The first kappa shape index (κ1) is 10.5. The van der Waals surface area contributed by atoms with Crippen LogP contribution >= 0.6 is 0 Å². The molecule has 0 unspecified atom stereocenters. The fourth-order valence-electron chi connectivity index (χ4n) is 2.29. The van der Waals surface area contributed by atoms with Crippen molar-refractivity contribution in [3.05, 3.63) is 0 Å². The van der Waals surface area contributed by atoms with Gasteiger partial charge in [0.2, 0.25) is 0 Å². The van der Waals surface area contributed by atoms with Gasteiger partial charge in [-0.1, -0.05) is 19.8 Å². The van der Waals surface area contributed by atoms with Crippen LogP contribution in [-0.2, 0) is 9.53 Å². The Morgan fingerprint density at radius 2 is 2.40 bits per heavy atom. The highest BCUT2D eigenvalue weighted by Crippen LogP contribution is 2.36. The van der Waals surface area contributed by atoms with E-state index in [0.717, 1.165) is 12.8 Å². The monoisotopic (exact) mass is 210 g/mol. The molecule has 2 heterocycles. The van der Waals surface area contributed by atoms with Gasteiger partial charge in [0.15, 0.2) is 5.54 Å². The number of ether oxygens (including phenoxy) is 1. The Kier molecular flexibility index (Phi) is 2.67. The van der Waals surface area contributed by atoms with E-state index < -0.39 is 5.54 Å². The highest BCUT2D eigenvalue weighted by molar-refractivity contribution is 5.90. The fraction of sp³-hybridized carbons (Fsp3) is 0.818. The van der Waals surface area contributed by atoms with Crippen LogP contribution in [0, 0.1) is 5.92 Å². The van der Waals surface area contributed by atoms with E-state index in [-0.39, 0.29) is 18.0 Å². The highest BCUT2D eigenvalue weighted by atomic mass is 16.6. The Balaban J connectivity index is 1.97. The van der Waals surface area contributed by atoms with Crippen molar-refractivity contribution < 1.29 is 9.53 Å². The van der Waals surface area contributed by atoms with Crippen LogP contribution in [-0.4, -0.2) is 23.8 Å². The van der Waals surface area contributed by atoms with Crippen molar-refractivity contribution in [2.75, 3.05) is 0 Å². The second-order valence-electron chi connectivity index (χ2n) is 4.56. The number of carbonyl (C=O) groups excluding carboxylic acids is 1. The summed E-state index contributed by atoms with van der Waals surface area (Å²) in [5.41, 5.74) is 2.26. The maximum atomic E-state index is 11.7. The minimum Gasteiger partial charge on any atom is -0.460 e. The lowest BCUT2D eigenvalue weighted by molar-refractivity contribution is -0.146. The van der Waals surface area contributed by atoms with Gasteiger partial charge in [-0.25, -0.2) is 4.79 Å². The normalized spacial score (nSPS) is 37.6. The van der Waals surface area contributed by atoms with Crippen molar-refractivity contribution in [2.45, 2.75) is 51.2 Å². The van der Waals surface area contributed by atoms with Crippen molar-refractivity contribution in [3.8, 4) is 0 Å². The van der Waals surface area contributed by atoms with Crippen LogP contribution < -0.4 is 5.43 Å². The zero-order chi connectivity index (χ0) is 10.9. The molecule has 4 nitrogen and oxygen atoms in total. The predicted octanol–water partition coefficient (Wildman–Crippen LogP) is 1.46. The standard InChI is InChI=1S/C11H18N2O2/c1-3-4-5-6-9-8-7-12-13-11(8,2)10(14)15-9/h7-9,13H,3-6H2,1-2H3/t8-,9-,11-/m1/s1. The Labute approximate surface area is 90.1 Å².